The molecule has 2 unspecified atom stereocenters. The van der Waals surface area contributed by atoms with E-state index in [-0.39, 0.29) is 18.5 Å². The maximum atomic E-state index is 12.5. The largest absolute Gasteiger partial charge is 0.466 e. The van der Waals surface area contributed by atoms with Crippen LogP contribution in [0.25, 0.3) is 0 Å². The number of rotatable bonds is 62. The summed E-state index contributed by atoms with van der Waals surface area (Å²) in [6.45, 7) is 4.94. The third kappa shape index (κ3) is 57.9. The molecule has 3 N–H and O–H groups in total. The van der Waals surface area contributed by atoms with Gasteiger partial charge in [-0.05, 0) is 32.1 Å². The highest BCUT2D eigenvalue weighted by Crippen LogP contribution is 2.19. The first-order valence-electron chi connectivity index (χ1n) is 33.0. The van der Waals surface area contributed by atoms with Crippen molar-refractivity contribution in [3.05, 3.63) is 12.2 Å². The van der Waals surface area contributed by atoms with Gasteiger partial charge in [0.1, 0.15) is 0 Å². The minimum Gasteiger partial charge on any atom is -0.466 e. The number of allylic oxidation sites excluding steroid dienone is 1. The Labute approximate surface area is 450 Å². The monoisotopic (exact) mass is 1020 g/mol. The maximum Gasteiger partial charge on any atom is 0.305 e. The lowest BCUT2D eigenvalue weighted by Gasteiger charge is -2.20. The molecule has 2 atom stereocenters. The number of hydrogen-bond donors (Lipinski definition) is 3. The number of esters is 1. The minimum absolute atomic E-state index is 0.0190. The molecule has 0 aromatic carbocycles. The molecule has 6 heteroatoms. The van der Waals surface area contributed by atoms with Crippen LogP contribution in [0.15, 0.2) is 12.2 Å². The Balaban J connectivity index is 3.36. The second kappa shape index (κ2) is 62.1. The number of nitrogens with one attached hydrogen (secondary N) is 1. The number of hydrogen-bond acceptors (Lipinski definition) is 5. The van der Waals surface area contributed by atoms with Crippen molar-refractivity contribution in [1.29, 1.82) is 0 Å². The van der Waals surface area contributed by atoms with Crippen molar-refractivity contribution < 1.29 is 24.5 Å². The Kier molecular flexibility index (Phi) is 60.9. The van der Waals surface area contributed by atoms with Crippen LogP contribution in [0.1, 0.15) is 373 Å². The number of amides is 1. The van der Waals surface area contributed by atoms with Gasteiger partial charge in [-0.3, -0.25) is 9.59 Å². The van der Waals surface area contributed by atoms with Crippen molar-refractivity contribution in [2.45, 2.75) is 386 Å². The third-order valence-corrected chi connectivity index (χ3v) is 15.6. The molecular formula is C66H129NO5. The predicted molar refractivity (Wildman–Crippen MR) is 315 cm³/mol. The summed E-state index contributed by atoms with van der Waals surface area (Å²) in [5.41, 5.74) is 0. The quantitative estimate of drug-likeness (QED) is 0.0320. The van der Waals surface area contributed by atoms with Crippen molar-refractivity contribution >= 4 is 11.9 Å². The van der Waals surface area contributed by atoms with E-state index in [2.05, 4.69) is 19.2 Å². The molecule has 0 bridgehead atoms. The average Bonchev–Trinajstić information content (AvgIpc) is 3.38. The number of carbonyl (C=O) groups is 2. The van der Waals surface area contributed by atoms with Gasteiger partial charge in [-0.1, -0.05) is 341 Å². The number of aliphatic hydroxyl groups excluding tert-OH is 2. The van der Waals surface area contributed by atoms with Gasteiger partial charge in [0.05, 0.1) is 25.4 Å². The van der Waals surface area contributed by atoms with Gasteiger partial charge in [-0.15, -0.1) is 0 Å². The van der Waals surface area contributed by atoms with Gasteiger partial charge >= 0.3 is 5.97 Å². The van der Waals surface area contributed by atoms with Crippen LogP contribution in [-0.4, -0.2) is 47.4 Å². The Bertz CT molecular complexity index is 1080. The van der Waals surface area contributed by atoms with Gasteiger partial charge in [0.25, 0.3) is 0 Å². The summed E-state index contributed by atoms with van der Waals surface area (Å²) in [6.07, 6.45) is 75.5. The number of ether oxygens (including phenoxy) is 1. The zero-order chi connectivity index (χ0) is 52.2. The average molecular weight is 1020 g/mol. The smallest absolute Gasteiger partial charge is 0.305 e. The van der Waals surface area contributed by atoms with Gasteiger partial charge < -0.3 is 20.3 Å². The molecule has 0 spiro atoms. The minimum atomic E-state index is -0.842. The summed E-state index contributed by atoms with van der Waals surface area (Å²) < 4.78 is 5.49. The van der Waals surface area contributed by atoms with E-state index in [1.807, 2.05) is 6.08 Å². The third-order valence-electron chi connectivity index (χ3n) is 15.6. The fourth-order valence-corrected chi connectivity index (χ4v) is 10.5. The van der Waals surface area contributed by atoms with Crippen molar-refractivity contribution in [3.8, 4) is 0 Å². The van der Waals surface area contributed by atoms with Crippen molar-refractivity contribution in [2.24, 2.45) is 0 Å². The van der Waals surface area contributed by atoms with E-state index in [4.69, 9.17) is 4.74 Å². The van der Waals surface area contributed by atoms with Gasteiger partial charge in [-0.2, -0.15) is 0 Å². The van der Waals surface area contributed by atoms with Crippen LogP contribution in [0.5, 0.6) is 0 Å². The molecule has 6 nitrogen and oxygen atoms in total. The molecule has 0 aliphatic heterocycles. The zero-order valence-corrected chi connectivity index (χ0v) is 48.9. The lowest BCUT2D eigenvalue weighted by Crippen LogP contribution is -2.45. The first kappa shape index (κ1) is 70.6. The predicted octanol–water partition coefficient (Wildman–Crippen LogP) is 20.8. The molecule has 0 fully saturated rings. The Morgan fingerprint density at radius 1 is 0.375 bits per heavy atom. The fourth-order valence-electron chi connectivity index (χ4n) is 10.5. The molecule has 0 rings (SSSR count). The maximum absolute atomic E-state index is 12.5. The molecule has 0 aromatic rings. The molecule has 0 heterocycles. The summed E-state index contributed by atoms with van der Waals surface area (Å²) in [7, 11) is 0. The highest BCUT2D eigenvalue weighted by Gasteiger charge is 2.18. The molecule has 72 heavy (non-hydrogen) atoms. The van der Waals surface area contributed by atoms with Crippen LogP contribution in [0, 0.1) is 0 Å². The van der Waals surface area contributed by atoms with E-state index in [1.165, 1.54) is 308 Å². The van der Waals surface area contributed by atoms with Gasteiger partial charge in [0, 0.05) is 12.8 Å². The molecule has 0 saturated carbocycles. The number of unbranched alkanes of at least 4 members (excludes halogenated alkanes) is 51. The molecule has 1 amide bonds. The van der Waals surface area contributed by atoms with Crippen molar-refractivity contribution in [3.63, 3.8) is 0 Å². The lowest BCUT2D eigenvalue weighted by molar-refractivity contribution is -0.143. The first-order valence-corrected chi connectivity index (χ1v) is 33.0. The standard InChI is InChI=1S/C66H129NO5/c1-3-5-7-9-11-13-15-17-19-31-34-38-42-46-50-54-58-64(69)63(62-68)67-65(70)59-55-51-47-43-39-35-32-29-27-25-23-21-20-22-24-26-28-30-33-37-41-45-49-53-57-61-72-66(71)60-56-52-48-44-40-36-18-16-14-12-10-8-6-4-2/h54,58,63-64,68-69H,3-53,55-57,59-62H2,1-2H3,(H,67,70)/b58-54+. The van der Waals surface area contributed by atoms with E-state index >= 15 is 0 Å². The van der Waals surface area contributed by atoms with Crippen LogP contribution < -0.4 is 5.32 Å². The van der Waals surface area contributed by atoms with Crippen LogP contribution in [0.4, 0.5) is 0 Å². The second-order valence-electron chi connectivity index (χ2n) is 22.8. The summed E-state index contributed by atoms with van der Waals surface area (Å²) in [5, 5.41) is 23.2. The molecule has 428 valence electrons. The Hall–Kier alpha value is -1.40. The van der Waals surface area contributed by atoms with Crippen molar-refractivity contribution in [1.82, 2.24) is 5.32 Å². The molecular weight excluding hydrogens is 887 g/mol. The molecule has 0 saturated heterocycles. The molecule has 0 aliphatic rings. The topological polar surface area (TPSA) is 95.9 Å². The highest BCUT2D eigenvalue weighted by atomic mass is 16.5. The Morgan fingerprint density at radius 2 is 0.639 bits per heavy atom. The molecule has 0 aromatic heterocycles. The van der Waals surface area contributed by atoms with E-state index in [9.17, 15) is 19.8 Å². The molecule has 0 radical (unpaired) electrons. The normalized spacial score (nSPS) is 12.6. The van der Waals surface area contributed by atoms with Crippen LogP contribution in [0.3, 0.4) is 0 Å². The molecule has 0 aliphatic carbocycles. The van der Waals surface area contributed by atoms with E-state index < -0.39 is 12.1 Å². The summed E-state index contributed by atoms with van der Waals surface area (Å²) in [6, 6.07) is -0.626. The lowest BCUT2D eigenvalue weighted by atomic mass is 10.0. The fraction of sp³-hybridized carbons (Fsp3) is 0.939. The number of aliphatic hydroxyl groups is 2. The SMILES string of the molecule is CCCCCCCCCCCCCCCC/C=C/C(O)C(CO)NC(=O)CCCCCCCCCCCCCCCCCCCCCCCCCCCOC(=O)CCCCCCCCCCCCCCCC. The second-order valence-corrected chi connectivity index (χ2v) is 22.8. The van der Waals surface area contributed by atoms with Gasteiger partial charge in [0.15, 0.2) is 0 Å². The zero-order valence-electron chi connectivity index (χ0n) is 48.9. The highest BCUT2D eigenvalue weighted by molar-refractivity contribution is 5.76. The Morgan fingerprint density at radius 3 is 0.944 bits per heavy atom. The number of carbonyl (C=O) groups excluding carboxylic acids is 2. The van der Waals surface area contributed by atoms with Crippen molar-refractivity contribution in [2.75, 3.05) is 13.2 Å². The summed E-state index contributed by atoms with van der Waals surface area (Å²) in [4.78, 5) is 24.5. The summed E-state index contributed by atoms with van der Waals surface area (Å²) in [5.74, 6) is -0.0443. The van der Waals surface area contributed by atoms with Crippen LogP contribution >= 0.6 is 0 Å². The van der Waals surface area contributed by atoms with Crippen LogP contribution in [-0.2, 0) is 14.3 Å². The van der Waals surface area contributed by atoms with Crippen LogP contribution in [0.2, 0.25) is 0 Å². The van der Waals surface area contributed by atoms with E-state index in [0.717, 1.165) is 38.5 Å². The van der Waals surface area contributed by atoms with E-state index in [0.29, 0.717) is 19.4 Å². The first-order chi connectivity index (χ1) is 35.5. The summed E-state index contributed by atoms with van der Waals surface area (Å²) >= 11 is 0. The van der Waals surface area contributed by atoms with Gasteiger partial charge in [-0.25, -0.2) is 0 Å². The van der Waals surface area contributed by atoms with E-state index in [1.54, 1.807) is 6.08 Å². The van der Waals surface area contributed by atoms with Gasteiger partial charge in [0.2, 0.25) is 5.91 Å².